The summed E-state index contributed by atoms with van der Waals surface area (Å²) in [6.45, 7) is 26.0. The maximum atomic E-state index is 14.9. The van der Waals surface area contributed by atoms with E-state index < -0.39 is 161 Å². The standard InChI is InChI=1S/C79H100B2N6O17PSi2/c1-49-53(5)97-64(46-93-55(7)89)72(70(49)94-44-56-32-20-14-21-33-56)104-75-66(84-86-82)51(3)68(65(99-75)48-96-107(79(11,12)13,60-40-28-18-29-41-60)61-42-30-19-31-43-61)103-77-71(101-74(90)57-34-22-15-23-35-57)52(4)69(63(100-77)45-92-54(6)88)102-76-67(85-87-83)73(105-81-80-91)50(2)62(98-76)47-95-106(78(8,9)10,58-36-24-16-25-37-58)59-38-26-17-27-39-59/h14-43,49-53,62-73,75-77,105H,44-48H2,1-13H3/t49-,50-,51-,52+,53?,62?,63?,64?,65?,66?,67?,68+,69+,70?,71?,72-,73+,75+,76+,77+/m1/s1. The molecule has 0 aromatic heterocycles. The molecular formula is C79H100B2N6O17PSi2. The van der Waals surface area contributed by atoms with Crippen LogP contribution in [0, 0.1) is 23.7 Å². The number of hydrogen-bond acceptors (Lipinski definition) is 19. The fraction of sp³-hybridized carbons (Fsp3) is 0.506. The average molecular weight is 1510 g/mol. The minimum absolute atomic E-state index is 0.0513. The van der Waals surface area contributed by atoms with Crippen LogP contribution in [0.25, 0.3) is 20.9 Å². The van der Waals surface area contributed by atoms with Crippen molar-refractivity contribution in [2.45, 2.75) is 204 Å². The Kier molecular flexibility index (Phi) is 28.8. The van der Waals surface area contributed by atoms with Crippen LogP contribution in [-0.2, 0) is 81.9 Å². The second-order valence-corrected chi connectivity index (χ2v) is 40.1. The SMILES string of the molecule is CC(=O)OCC1OC(C)[C@@H](C)C(OCc2ccccc2)[C@@H]1O[C@@H]1OC(CO[Si](c2ccccc2)(c2ccccc2)C(C)(C)C)[C@@H](O[C@@H]2OC(COC(C)=O)[C@@H](O[C@@H]3OC(CO[Si](c4ccccc4)(c4ccccc4)C(C)(C)C)[C@@H](C)[C@H](P[B]B=O)C3N=[N+]=[N-])[C@H](C)C2OC(=O)c2ccccc2)[C@H](C)C1N=[N+]=[N-]. The van der Waals surface area contributed by atoms with E-state index in [0.717, 1.165) is 33.4 Å². The molecule has 6 aromatic rings. The Morgan fingerprint density at radius 1 is 0.477 bits per heavy atom. The Morgan fingerprint density at radius 3 is 1.36 bits per heavy atom. The summed E-state index contributed by atoms with van der Waals surface area (Å²) in [5.41, 5.74) is 21.8. The molecule has 28 heteroatoms. The van der Waals surface area contributed by atoms with Gasteiger partial charge >= 0.3 is 314 Å². The minimum Gasteiger partial charge on any atom is -0.0849 e. The first kappa shape index (κ1) is 82.2. The predicted molar refractivity (Wildman–Crippen MR) is 413 cm³/mol. The van der Waals surface area contributed by atoms with E-state index in [1.54, 1.807) is 37.3 Å². The van der Waals surface area contributed by atoms with Gasteiger partial charge in [0.25, 0.3) is 8.32 Å². The second kappa shape index (κ2) is 37.4. The zero-order valence-corrected chi connectivity index (χ0v) is 66.2. The van der Waals surface area contributed by atoms with Crippen molar-refractivity contribution in [1.82, 2.24) is 0 Å². The molecule has 1 radical (unpaired) electrons. The van der Waals surface area contributed by atoms with E-state index in [1.807, 2.05) is 131 Å². The number of azide groups is 2. The van der Waals surface area contributed by atoms with Crippen LogP contribution in [0.1, 0.15) is 106 Å². The summed E-state index contributed by atoms with van der Waals surface area (Å²) in [5.74, 6) is -4.45. The molecule has 0 N–H and O–H groups in total. The first-order valence-electron chi connectivity index (χ1n) is 36.7. The fourth-order valence-electron chi connectivity index (χ4n) is 15.6. The van der Waals surface area contributed by atoms with E-state index in [9.17, 15) is 30.2 Å². The number of carbonyl (C=O) groups is 3. The third-order valence-corrected chi connectivity index (χ3v) is 32.8. The third-order valence-electron chi connectivity index (χ3n) is 21.2. The number of hydrogen-bond donors (Lipinski definition) is 0. The molecule has 4 fully saturated rings. The van der Waals surface area contributed by atoms with Gasteiger partial charge in [-0.1, -0.05) is 149 Å². The summed E-state index contributed by atoms with van der Waals surface area (Å²) >= 11 is 0. The van der Waals surface area contributed by atoms with Gasteiger partial charge in [0.15, 0.2) is 6.29 Å². The molecule has 10 rings (SSSR count). The summed E-state index contributed by atoms with van der Waals surface area (Å²) < 4.78 is 103. The average Bonchev–Trinajstić information content (AvgIpc) is 0.742. The van der Waals surface area contributed by atoms with Crippen molar-refractivity contribution >= 4 is 77.7 Å². The van der Waals surface area contributed by atoms with Gasteiger partial charge in [-0.05, 0) is 51.5 Å². The summed E-state index contributed by atoms with van der Waals surface area (Å²) in [6, 6.07) is 56.4. The fourth-order valence-corrected chi connectivity index (χ4v) is 26.0. The number of esters is 3. The van der Waals surface area contributed by atoms with Crippen molar-refractivity contribution in [3.63, 3.8) is 0 Å². The predicted octanol–water partition coefficient (Wildman–Crippen LogP) is 11.7. The van der Waals surface area contributed by atoms with Gasteiger partial charge in [-0.3, -0.25) is 4.79 Å². The summed E-state index contributed by atoms with van der Waals surface area (Å²) in [5, 5.41) is 11.9. The van der Waals surface area contributed by atoms with Gasteiger partial charge in [-0.2, -0.15) is 0 Å². The zero-order valence-electron chi connectivity index (χ0n) is 63.2. The number of rotatable bonds is 30. The molecule has 10 unspecified atom stereocenters. The molecule has 107 heavy (non-hydrogen) atoms. The summed E-state index contributed by atoms with van der Waals surface area (Å²) in [4.78, 5) is 47.5. The maximum absolute atomic E-state index is 14.9. The van der Waals surface area contributed by atoms with Crippen LogP contribution in [0.15, 0.2) is 192 Å². The molecule has 21 atom stereocenters. The van der Waals surface area contributed by atoms with Gasteiger partial charge in [0.2, 0.25) is 0 Å². The normalized spacial score (nSPS) is 29.1. The van der Waals surface area contributed by atoms with Crippen LogP contribution < -0.4 is 20.7 Å². The summed E-state index contributed by atoms with van der Waals surface area (Å²) in [7, 11) is -6.11. The van der Waals surface area contributed by atoms with E-state index in [-0.39, 0.29) is 52.3 Å². The van der Waals surface area contributed by atoms with Crippen LogP contribution in [0.5, 0.6) is 0 Å². The molecule has 567 valence electrons. The van der Waals surface area contributed by atoms with Crippen LogP contribution in [0.2, 0.25) is 10.1 Å². The molecule has 0 bridgehead atoms. The molecule has 4 aliphatic rings. The molecule has 4 heterocycles. The molecular weight excluding hydrogens is 1410 g/mol. The molecule has 0 saturated carbocycles. The monoisotopic (exact) mass is 1510 g/mol. The Hall–Kier alpha value is -7.26. The van der Waals surface area contributed by atoms with Crippen molar-refractivity contribution < 1.29 is 80.0 Å². The molecule has 4 saturated heterocycles. The summed E-state index contributed by atoms with van der Waals surface area (Å²) in [6.07, 6.45) is -14.2. The van der Waals surface area contributed by atoms with Crippen LogP contribution in [-0.4, -0.2) is 173 Å². The van der Waals surface area contributed by atoms with E-state index in [1.165, 1.54) is 20.7 Å². The van der Waals surface area contributed by atoms with E-state index >= 15 is 0 Å². The van der Waals surface area contributed by atoms with Gasteiger partial charge in [0.05, 0.1) is 31.5 Å². The molecule has 0 aliphatic carbocycles. The van der Waals surface area contributed by atoms with Gasteiger partial charge in [0.1, 0.15) is 24.9 Å². The van der Waals surface area contributed by atoms with Crippen molar-refractivity contribution in [3.8, 4) is 0 Å². The van der Waals surface area contributed by atoms with E-state index in [0.29, 0.717) is 0 Å². The number of ether oxygens (including phenoxy) is 11. The zero-order chi connectivity index (χ0) is 76.6. The van der Waals surface area contributed by atoms with Gasteiger partial charge in [0, 0.05) is 17.8 Å². The van der Waals surface area contributed by atoms with Crippen molar-refractivity contribution in [1.29, 1.82) is 0 Å². The van der Waals surface area contributed by atoms with Crippen LogP contribution in [0.3, 0.4) is 0 Å². The van der Waals surface area contributed by atoms with Gasteiger partial charge in [-0.15, -0.1) is 0 Å². The first-order valence-corrected chi connectivity index (χ1v) is 41.7. The molecule has 0 spiro atoms. The quantitative estimate of drug-likeness (QED) is 0.00770. The Balaban J connectivity index is 1.07. The van der Waals surface area contributed by atoms with Crippen molar-refractivity contribution in [2.24, 2.45) is 33.9 Å². The molecule has 23 nitrogen and oxygen atoms in total. The molecule has 6 aromatic carbocycles. The van der Waals surface area contributed by atoms with E-state index in [4.69, 9.17) is 61.0 Å². The van der Waals surface area contributed by atoms with Crippen LogP contribution in [0.4, 0.5) is 0 Å². The Morgan fingerprint density at radius 2 is 0.879 bits per heavy atom. The van der Waals surface area contributed by atoms with Crippen molar-refractivity contribution in [2.75, 3.05) is 26.4 Å². The smallest absolute Gasteiger partial charge is 0.0849 e. The Bertz CT molecular complexity index is 3880. The molecule has 4 aliphatic heterocycles. The third kappa shape index (κ3) is 19.1. The van der Waals surface area contributed by atoms with E-state index in [2.05, 4.69) is 110 Å². The molecule has 0 amide bonds. The minimum atomic E-state index is -3.45. The second-order valence-electron chi connectivity index (χ2n) is 30.2. The number of nitrogens with zero attached hydrogens (tertiary/aromatic N) is 6. The number of carbonyl (C=O) groups excluding carboxylic acids is 3. The Labute approximate surface area is 633 Å². The van der Waals surface area contributed by atoms with Gasteiger partial charge in [-0.25, -0.2) is 0 Å². The van der Waals surface area contributed by atoms with Gasteiger partial charge < -0.3 is 28.1 Å². The van der Waals surface area contributed by atoms with Crippen molar-refractivity contribution in [3.05, 3.63) is 214 Å². The first-order chi connectivity index (χ1) is 51.3. The van der Waals surface area contributed by atoms with Crippen LogP contribution >= 0.6 is 8.46 Å². The topological polar surface area (TPSA) is 286 Å². The number of benzene rings is 6.